The van der Waals surface area contributed by atoms with Crippen LogP contribution in [0.25, 0.3) is 0 Å². The zero-order valence-corrected chi connectivity index (χ0v) is 16.7. The number of methoxy groups -OCH3 is 1. The zero-order valence-electron chi connectivity index (χ0n) is 14.6. The van der Waals surface area contributed by atoms with Crippen LogP contribution in [0.15, 0.2) is 41.4 Å². The summed E-state index contributed by atoms with van der Waals surface area (Å²) in [6.45, 7) is 4.16. The van der Waals surface area contributed by atoms with Crippen molar-refractivity contribution in [3.05, 3.63) is 47.5 Å². The van der Waals surface area contributed by atoms with Crippen molar-refractivity contribution in [3.63, 3.8) is 0 Å². The van der Waals surface area contributed by atoms with Crippen LogP contribution in [0.5, 0.6) is 0 Å². The Hall–Kier alpha value is -1.70. The highest BCUT2D eigenvalue weighted by atomic mass is 127. The molecule has 6 heteroatoms. The van der Waals surface area contributed by atoms with Crippen molar-refractivity contribution in [1.29, 1.82) is 0 Å². The number of benzene rings is 1. The molecular weight excluding hydrogens is 433 g/mol. The van der Waals surface area contributed by atoms with E-state index in [1.807, 2.05) is 31.2 Å². The van der Waals surface area contributed by atoms with Crippen molar-refractivity contribution in [2.24, 2.45) is 4.99 Å². The summed E-state index contributed by atoms with van der Waals surface area (Å²) in [6, 6.07) is 7.33. The van der Waals surface area contributed by atoms with Gasteiger partial charge in [0.1, 0.15) is 3.92 Å². The molecule has 1 aliphatic rings. The average Bonchev–Trinajstić information content (AvgIpc) is 3.06. The van der Waals surface area contributed by atoms with Crippen LogP contribution in [0.4, 0.5) is 0 Å². The maximum absolute atomic E-state index is 11.9. The number of ether oxygens (including phenoxy) is 2. The number of hydrogen-bond acceptors (Lipinski definition) is 5. The third-order valence-electron chi connectivity index (χ3n) is 4.30. The van der Waals surface area contributed by atoms with Crippen LogP contribution in [0.3, 0.4) is 0 Å². The minimum absolute atomic E-state index is 0.0141. The molecule has 3 atom stereocenters. The largest absolute Gasteiger partial charge is 0.468 e. The summed E-state index contributed by atoms with van der Waals surface area (Å²) in [5, 5.41) is 0. The Balaban J connectivity index is 2.29. The molecule has 25 heavy (non-hydrogen) atoms. The Morgan fingerprint density at radius 1 is 1.28 bits per heavy atom. The van der Waals surface area contributed by atoms with Gasteiger partial charge in [-0.3, -0.25) is 9.79 Å². The van der Waals surface area contributed by atoms with Crippen molar-refractivity contribution in [2.45, 2.75) is 35.6 Å². The maximum Gasteiger partial charge on any atom is 0.338 e. The molecule has 1 aromatic rings. The lowest BCUT2D eigenvalue weighted by Gasteiger charge is -2.31. The number of carbonyl (C=O) groups is 2. The molecule has 0 bridgehead atoms. The van der Waals surface area contributed by atoms with E-state index in [4.69, 9.17) is 9.47 Å². The third-order valence-corrected chi connectivity index (χ3v) is 5.32. The van der Waals surface area contributed by atoms with E-state index in [0.29, 0.717) is 18.6 Å². The average molecular weight is 455 g/mol. The number of allylic oxidation sites excluding steroid dienone is 1. The number of rotatable bonds is 7. The second-order valence-corrected chi connectivity index (χ2v) is 7.49. The highest BCUT2D eigenvalue weighted by Crippen LogP contribution is 2.39. The van der Waals surface area contributed by atoms with E-state index in [0.717, 1.165) is 5.56 Å². The molecular formula is C19H22INO4. The Bertz CT molecular complexity index is 669. The lowest BCUT2D eigenvalue weighted by molar-refractivity contribution is -0.139. The predicted octanol–water partition coefficient (Wildman–Crippen LogP) is 3.71. The van der Waals surface area contributed by atoms with E-state index in [1.165, 1.54) is 7.11 Å². The van der Waals surface area contributed by atoms with Crippen LogP contribution in [0.1, 0.15) is 42.1 Å². The minimum atomic E-state index is -0.428. The fourth-order valence-corrected chi connectivity index (χ4v) is 3.66. The van der Waals surface area contributed by atoms with E-state index in [2.05, 4.69) is 27.6 Å². The molecule has 0 aromatic heterocycles. The maximum atomic E-state index is 11.9. The molecule has 0 spiro atoms. The smallest absolute Gasteiger partial charge is 0.338 e. The molecule has 0 radical (unpaired) electrons. The first-order valence-corrected chi connectivity index (χ1v) is 9.38. The summed E-state index contributed by atoms with van der Waals surface area (Å²) in [5.41, 5.74) is 1.10. The summed E-state index contributed by atoms with van der Waals surface area (Å²) in [5.74, 6) is -0.597. The molecule has 2 rings (SSSR count). The van der Waals surface area contributed by atoms with Crippen molar-refractivity contribution >= 4 is 40.7 Å². The van der Waals surface area contributed by atoms with Crippen LogP contribution in [-0.4, -0.2) is 41.3 Å². The van der Waals surface area contributed by atoms with Gasteiger partial charge in [-0.1, -0.05) is 40.8 Å². The fraction of sp³-hybridized carbons (Fsp3) is 0.421. The highest BCUT2D eigenvalue weighted by molar-refractivity contribution is 14.1. The zero-order chi connectivity index (χ0) is 18.4. The summed E-state index contributed by atoms with van der Waals surface area (Å²) >= 11 is 2.11. The van der Waals surface area contributed by atoms with E-state index in [-0.39, 0.29) is 21.8 Å². The number of aliphatic imine (C=N–C) groups is 1. The van der Waals surface area contributed by atoms with Crippen LogP contribution in [0, 0.1) is 0 Å². The van der Waals surface area contributed by atoms with Crippen molar-refractivity contribution < 1.29 is 19.1 Å². The second-order valence-electron chi connectivity index (χ2n) is 5.98. The van der Waals surface area contributed by atoms with Gasteiger partial charge in [0.25, 0.3) is 0 Å². The molecule has 0 N–H and O–H groups in total. The number of carbonyl (C=O) groups excluding carboxylic acids is 2. The van der Waals surface area contributed by atoms with Gasteiger partial charge in [-0.15, -0.1) is 0 Å². The van der Waals surface area contributed by atoms with Gasteiger partial charge in [-0.2, -0.15) is 0 Å². The van der Waals surface area contributed by atoms with Crippen LogP contribution >= 0.6 is 22.6 Å². The summed E-state index contributed by atoms with van der Waals surface area (Å²) in [6.07, 6.45) is 6.32. The first-order chi connectivity index (χ1) is 11.9. The first-order valence-electron chi connectivity index (χ1n) is 8.13. The van der Waals surface area contributed by atoms with Gasteiger partial charge in [0.2, 0.25) is 0 Å². The summed E-state index contributed by atoms with van der Waals surface area (Å²) in [4.78, 5) is 28.3. The molecule has 134 valence electrons. The quantitative estimate of drug-likeness (QED) is 0.357. The molecule has 0 aliphatic carbocycles. The monoisotopic (exact) mass is 455 g/mol. The van der Waals surface area contributed by atoms with Gasteiger partial charge >= 0.3 is 11.9 Å². The topological polar surface area (TPSA) is 65.0 Å². The Kier molecular flexibility index (Phi) is 6.75. The van der Waals surface area contributed by atoms with Gasteiger partial charge in [0, 0.05) is 12.1 Å². The molecule has 3 unspecified atom stereocenters. The van der Waals surface area contributed by atoms with E-state index >= 15 is 0 Å². The van der Waals surface area contributed by atoms with Crippen molar-refractivity contribution in [3.8, 4) is 0 Å². The predicted molar refractivity (Wildman–Crippen MR) is 106 cm³/mol. The molecule has 0 saturated heterocycles. The Morgan fingerprint density at radius 2 is 1.96 bits per heavy atom. The Morgan fingerprint density at radius 3 is 2.48 bits per heavy atom. The Labute approximate surface area is 161 Å². The standard InChI is InChI=1S/C19H22INO4/c1-4-25-17(22)14-8-6-13(7-9-14)15(12-16(20)18(23)24-3)19(2)10-5-11-21-19/h5-11,15-16H,4,12H2,1-3H3. The van der Waals surface area contributed by atoms with Gasteiger partial charge in [-0.05, 0) is 44.0 Å². The van der Waals surface area contributed by atoms with Gasteiger partial charge in [-0.25, -0.2) is 4.79 Å². The molecule has 0 fully saturated rings. The molecule has 0 saturated carbocycles. The van der Waals surface area contributed by atoms with Crippen LogP contribution < -0.4 is 0 Å². The van der Waals surface area contributed by atoms with Crippen molar-refractivity contribution in [2.75, 3.05) is 13.7 Å². The second kappa shape index (κ2) is 8.60. The van der Waals surface area contributed by atoms with Crippen molar-refractivity contribution in [1.82, 2.24) is 0 Å². The lowest BCUT2D eigenvalue weighted by Crippen LogP contribution is -2.31. The minimum Gasteiger partial charge on any atom is -0.468 e. The van der Waals surface area contributed by atoms with Gasteiger partial charge in [0.05, 0.1) is 24.8 Å². The summed E-state index contributed by atoms with van der Waals surface area (Å²) in [7, 11) is 1.40. The highest BCUT2D eigenvalue weighted by Gasteiger charge is 2.36. The number of hydrogen-bond donors (Lipinski definition) is 0. The SMILES string of the molecule is CCOC(=O)c1ccc(C(CC(I)C(=O)OC)C2(C)C=CC=N2)cc1. The van der Waals surface area contributed by atoms with Crippen LogP contribution in [0.2, 0.25) is 0 Å². The molecule has 1 aliphatic heterocycles. The molecule has 0 amide bonds. The molecule has 1 heterocycles. The van der Waals surface area contributed by atoms with E-state index < -0.39 is 5.54 Å². The number of esters is 2. The third kappa shape index (κ3) is 4.68. The van der Waals surface area contributed by atoms with E-state index in [9.17, 15) is 9.59 Å². The number of nitrogens with zero attached hydrogens (tertiary/aromatic N) is 1. The van der Waals surface area contributed by atoms with Crippen LogP contribution in [-0.2, 0) is 14.3 Å². The fourth-order valence-electron chi connectivity index (χ4n) is 2.90. The summed E-state index contributed by atoms with van der Waals surface area (Å²) < 4.78 is 9.60. The van der Waals surface area contributed by atoms with Gasteiger partial charge < -0.3 is 9.47 Å². The lowest BCUT2D eigenvalue weighted by atomic mass is 9.78. The molecule has 5 nitrogen and oxygen atoms in total. The normalized spacial score (nSPS) is 21.0. The molecule has 1 aromatic carbocycles. The van der Waals surface area contributed by atoms with E-state index in [1.54, 1.807) is 25.3 Å². The number of halogens is 1. The number of alkyl halides is 1. The van der Waals surface area contributed by atoms with Gasteiger partial charge in [0.15, 0.2) is 0 Å². The first kappa shape index (κ1) is 19.6.